The lowest BCUT2D eigenvalue weighted by molar-refractivity contribution is -0.117. The zero-order chi connectivity index (χ0) is 9.83. The number of rotatable bonds is 5. The molecule has 0 fully saturated rings. The van der Waals surface area contributed by atoms with Crippen molar-refractivity contribution in [2.75, 3.05) is 0 Å². The van der Waals surface area contributed by atoms with E-state index in [4.69, 9.17) is 0 Å². The van der Waals surface area contributed by atoms with Gasteiger partial charge in [-0.3, -0.25) is 4.79 Å². The Morgan fingerprint density at radius 2 is 1.67 bits per heavy atom. The molecule has 0 aliphatic rings. The van der Waals surface area contributed by atoms with Crippen LogP contribution in [0.15, 0.2) is 0 Å². The van der Waals surface area contributed by atoms with Gasteiger partial charge in [-0.15, -0.1) is 0 Å². The molecule has 0 heterocycles. The van der Waals surface area contributed by atoms with E-state index in [1.54, 1.807) is 0 Å². The minimum atomic E-state index is -0.375. The van der Waals surface area contributed by atoms with Crippen molar-refractivity contribution in [3.05, 3.63) is 0 Å². The van der Waals surface area contributed by atoms with Gasteiger partial charge in [0.15, 0.2) is 0 Å². The maximum Gasteiger partial charge on any atom is 0.207 e. The Hall–Kier alpha value is -0.860. The van der Waals surface area contributed by atoms with Crippen molar-refractivity contribution in [3.63, 3.8) is 0 Å². The first kappa shape index (κ1) is 11.1. The van der Waals surface area contributed by atoms with Crippen molar-refractivity contribution in [1.82, 2.24) is 5.32 Å². The Kier molecular flexibility index (Phi) is 3.43. The summed E-state index contributed by atoms with van der Waals surface area (Å²) in [5.74, 6) is 0. The fourth-order valence-electron chi connectivity index (χ4n) is 1.39. The molecule has 0 aliphatic heterocycles. The maximum atomic E-state index is 10.6. The second kappa shape index (κ2) is 3.70. The predicted molar refractivity (Wildman–Crippen MR) is 47.7 cm³/mol. The number of amides is 1. The Labute approximate surface area is 73.5 Å². The molecule has 0 aliphatic carbocycles. The molecule has 1 amide bonds. The van der Waals surface area contributed by atoms with E-state index in [0.29, 0.717) is 12.8 Å². The molecule has 0 saturated carbocycles. The van der Waals surface area contributed by atoms with Gasteiger partial charge in [0.1, 0.15) is 6.29 Å². The van der Waals surface area contributed by atoms with E-state index in [1.807, 2.05) is 27.7 Å². The van der Waals surface area contributed by atoms with Crippen molar-refractivity contribution in [3.8, 4) is 0 Å². The quantitative estimate of drug-likeness (QED) is 0.630. The summed E-state index contributed by atoms with van der Waals surface area (Å²) in [6.07, 6.45) is 2.23. The molecule has 0 aromatic heterocycles. The maximum absolute atomic E-state index is 10.6. The first-order valence-corrected chi connectivity index (χ1v) is 4.01. The standard InChI is InChI=1S/C9H17NO2/c1-8(2,6-11)5-9(3,4)10-7-12/h6-7H,5H2,1-4H3,(H,10,12). The molecular weight excluding hydrogens is 154 g/mol. The molecule has 1 N–H and O–H groups in total. The van der Waals surface area contributed by atoms with Crippen LogP contribution in [0.5, 0.6) is 0 Å². The average molecular weight is 171 g/mol. The van der Waals surface area contributed by atoms with Gasteiger partial charge < -0.3 is 10.1 Å². The number of hydrogen-bond acceptors (Lipinski definition) is 2. The molecule has 0 radical (unpaired) electrons. The number of aldehydes is 1. The predicted octanol–water partition coefficient (Wildman–Crippen LogP) is 1.13. The van der Waals surface area contributed by atoms with Crippen LogP contribution in [-0.4, -0.2) is 18.2 Å². The van der Waals surface area contributed by atoms with E-state index in [2.05, 4.69) is 5.32 Å². The molecule has 0 rings (SSSR count). The summed E-state index contributed by atoms with van der Waals surface area (Å²) in [5.41, 5.74) is -0.689. The van der Waals surface area contributed by atoms with Crippen LogP contribution < -0.4 is 5.32 Å². The SMILES string of the molecule is CC(C)(C=O)CC(C)(C)NC=O. The van der Waals surface area contributed by atoms with Crippen LogP contribution >= 0.6 is 0 Å². The average Bonchev–Trinajstić information content (AvgIpc) is 1.85. The zero-order valence-corrected chi connectivity index (χ0v) is 8.18. The second-order valence-electron chi connectivity index (χ2n) is 4.43. The molecule has 0 aromatic carbocycles. The van der Waals surface area contributed by atoms with Gasteiger partial charge >= 0.3 is 0 Å². The first-order chi connectivity index (χ1) is 5.33. The fraction of sp³-hybridized carbons (Fsp3) is 0.778. The minimum Gasteiger partial charge on any atom is -0.354 e. The van der Waals surface area contributed by atoms with E-state index < -0.39 is 0 Å². The van der Waals surface area contributed by atoms with Gasteiger partial charge in [-0.1, -0.05) is 13.8 Å². The summed E-state index contributed by atoms with van der Waals surface area (Å²) in [7, 11) is 0. The van der Waals surface area contributed by atoms with Crippen molar-refractivity contribution in [2.24, 2.45) is 5.41 Å². The van der Waals surface area contributed by atoms with Crippen molar-refractivity contribution in [1.29, 1.82) is 0 Å². The molecule has 0 saturated heterocycles. The summed E-state index contributed by atoms with van der Waals surface area (Å²) >= 11 is 0. The molecular formula is C9H17NO2. The summed E-state index contributed by atoms with van der Waals surface area (Å²) in [4.78, 5) is 20.8. The lowest BCUT2D eigenvalue weighted by Gasteiger charge is -2.30. The molecule has 3 heteroatoms. The minimum absolute atomic E-state index is 0.313. The van der Waals surface area contributed by atoms with Gasteiger partial charge in [-0.25, -0.2) is 0 Å². The third kappa shape index (κ3) is 4.11. The highest BCUT2D eigenvalue weighted by molar-refractivity contribution is 5.58. The molecule has 0 spiro atoms. The van der Waals surface area contributed by atoms with Gasteiger partial charge in [0.2, 0.25) is 6.41 Å². The molecule has 3 nitrogen and oxygen atoms in total. The van der Waals surface area contributed by atoms with E-state index in [1.165, 1.54) is 0 Å². The van der Waals surface area contributed by atoms with Gasteiger partial charge in [0.25, 0.3) is 0 Å². The van der Waals surface area contributed by atoms with Crippen molar-refractivity contribution < 1.29 is 9.59 Å². The van der Waals surface area contributed by atoms with Crippen molar-refractivity contribution in [2.45, 2.75) is 39.7 Å². The monoisotopic (exact) mass is 171 g/mol. The highest BCUT2D eigenvalue weighted by Gasteiger charge is 2.27. The molecule has 0 atom stereocenters. The number of carbonyl (C=O) groups is 2. The molecule has 0 unspecified atom stereocenters. The molecule has 70 valence electrons. The van der Waals surface area contributed by atoms with E-state index >= 15 is 0 Å². The lowest BCUT2D eigenvalue weighted by atomic mass is 9.81. The Morgan fingerprint density at radius 3 is 2.00 bits per heavy atom. The van der Waals surface area contributed by atoms with Crippen LogP contribution in [0.4, 0.5) is 0 Å². The molecule has 0 bridgehead atoms. The summed E-state index contributed by atoms with van der Waals surface area (Å²) < 4.78 is 0. The third-order valence-corrected chi connectivity index (χ3v) is 1.67. The highest BCUT2D eigenvalue weighted by Crippen LogP contribution is 2.24. The van der Waals surface area contributed by atoms with Crippen molar-refractivity contribution >= 4 is 12.7 Å². The summed E-state index contributed by atoms with van der Waals surface area (Å²) in [6, 6.07) is 0. The van der Waals surface area contributed by atoms with Crippen LogP contribution in [0.1, 0.15) is 34.1 Å². The summed E-state index contributed by atoms with van der Waals surface area (Å²) in [5, 5.41) is 2.67. The van der Waals surface area contributed by atoms with Crippen LogP contribution in [0.25, 0.3) is 0 Å². The van der Waals surface area contributed by atoms with Crippen LogP contribution in [0, 0.1) is 5.41 Å². The highest BCUT2D eigenvalue weighted by atomic mass is 16.1. The van der Waals surface area contributed by atoms with E-state index in [0.717, 1.165) is 6.29 Å². The third-order valence-electron chi connectivity index (χ3n) is 1.67. The Bertz CT molecular complexity index is 173. The molecule has 0 aromatic rings. The van der Waals surface area contributed by atoms with Gasteiger partial charge in [0, 0.05) is 11.0 Å². The fourth-order valence-corrected chi connectivity index (χ4v) is 1.39. The van der Waals surface area contributed by atoms with Crippen LogP contribution in [-0.2, 0) is 9.59 Å². The van der Waals surface area contributed by atoms with Gasteiger partial charge in [0.05, 0.1) is 0 Å². The van der Waals surface area contributed by atoms with Crippen LogP contribution in [0.3, 0.4) is 0 Å². The smallest absolute Gasteiger partial charge is 0.207 e. The van der Waals surface area contributed by atoms with Gasteiger partial charge in [-0.2, -0.15) is 0 Å². The first-order valence-electron chi connectivity index (χ1n) is 4.01. The Morgan fingerprint density at radius 1 is 1.17 bits per heavy atom. The Balaban J connectivity index is 4.21. The molecule has 12 heavy (non-hydrogen) atoms. The second-order valence-corrected chi connectivity index (χ2v) is 4.43. The lowest BCUT2D eigenvalue weighted by Crippen LogP contribution is -2.42. The number of carbonyl (C=O) groups excluding carboxylic acids is 2. The van der Waals surface area contributed by atoms with Crippen LogP contribution in [0.2, 0.25) is 0 Å². The summed E-state index contributed by atoms with van der Waals surface area (Å²) in [6.45, 7) is 7.50. The largest absolute Gasteiger partial charge is 0.354 e. The van der Waals surface area contributed by atoms with Gasteiger partial charge in [-0.05, 0) is 20.3 Å². The normalized spacial score (nSPS) is 12.3. The number of nitrogens with one attached hydrogen (secondary N) is 1. The number of hydrogen-bond donors (Lipinski definition) is 1. The zero-order valence-electron chi connectivity index (χ0n) is 8.18. The van der Waals surface area contributed by atoms with E-state index in [9.17, 15) is 9.59 Å². The topological polar surface area (TPSA) is 46.2 Å². The van der Waals surface area contributed by atoms with E-state index in [-0.39, 0.29) is 11.0 Å².